The van der Waals surface area contributed by atoms with E-state index in [2.05, 4.69) is 92.7 Å². The van der Waals surface area contributed by atoms with Gasteiger partial charge in [0.2, 0.25) is 0 Å². The minimum atomic E-state index is -3.04. The van der Waals surface area contributed by atoms with Crippen molar-refractivity contribution in [3.63, 3.8) is 0 Å². The molecule has 0 saturated heterocycles. The van der Waals surface area contributed by atoms with Crippen LogP contribution in [-0.4, -0.2) is 98.4 Å². The number of fused-ring (bicyclic) bond motifs is 3. The third-order valence-electron chi connectivity index (χ3n) is 16.3. The molecule has 4 atom stereocenters. The summed E-state index contributed by atoms with van der Waals surface area (Å²) >= 11 is 0. The van der Waals surface area contributed by atoms with Crippen LogP contribution in [0.2, 0.25) is 25.7 Å². The highest BCUT2D eigenvalue weighted by Gasteiger charge is 2.30. The van der Waals surface area contributed by atoms with Gasteiger partial charge >= 0.3 is 8.25 Å². The zero-order chi connectivity index (χ0) is 59.0. The van der Waals surface area contributed by atoms with Gasteiger partial charge in [0.25, 0.3) is 0 Å². The van der Waals surface area contributed by atoms with Crippen molar-refractivity contribution >= 4 is 49.4 Å². The second-order valence-corrected chi connectivity index (χ2v) is 29.0. The lowest BCUT2D eigenvalue weighted by molar-refractivity contribution is -0.244. The highest BCUT2D eigenvalue weighted by molar-refractivity contribution is 7.30. The van der Waals surface area contributed by atoms with E-state index in [9.17, 15) is 20.9 Å². The number of aliphatic hydroxyl groups excluding tert-OH is 1. The summed E-state index contributed by atoms with van der Waals surface area (Å²) in [5.74, 6) is 1.61. The summed E-state index contributed by atoms with van der Waals surface area (Å²) in [7, 11) is -4.14. The van der Waals surface area contributed by atoms with Crippen LogP contribution in [-0.2, 0) is 27.4 Å². The molecule has 9 heterocycles. The molecular weight excluding hydrogens is 1100 g/mol. The first-order chi connectivity index (χ1) is 40.9. The number of H-pyrrole nitrogens is 1. The molecule has 26 heteroatoms. The van der Waals surface area contributed by atoms with Gasteiger partial charge in [-0.3, -0.25) is 14.0 Å². The van der Waals surface area contributed by atoms with E-state index >= 15 is 0 Å². The molecule has 0 spiro atoms. The normalized spacial score (nSPS) is 16.0. The molecular formula is C58H73N18O6PSi. The van der Waals surface area contributed by atoms with Crippen LogP contribution in [0.25, 0.3) is 66.9 Å². The molecule has 1 unspecified atom stereocenters. The number of nitrogens with one attached hydrogen (secondary N) is 1. The Morgan fingerprint density at radius 2 is 1.06 bits per heavy atom. The summed E-state index contributed by atoms with van der Waals surface area (Å²) in [6.45, 7) is 8.22. The van der Waals surface area contributed by atoms with Gasteiger partial charge in [-0.05, 0) is 85.1 Å². The largest absolute Gasteiger partial charge is 0.565 e. The highest BCUT2D eigenvalue weighted by atomic mass is 31.1. The van der Waals surface area contributed by atoms with Gasteiger partial charge in [-0.25, -0.2) is 35.2 Å². The summed E-state index contributed by atoms with van der Waals surface area (Å²) < 4.78 is 27.1. The predicted molar refractivity (Wildman–Crippen MR) is 316 cm³/mol. The van der Waals surface area contributed by atoms with Crippen molar-refractivity contribution in [2.75, 3.05) is 6.61 Å². The highest BCUT2D eigenvalue weighted by Crippen LogP contribution is 2.40. The molecule has 3 fully saturated rings. The molecule has 0 aromatic carbocycles. The van der Waals surface area contributed by atoms with Gasteiger partial charge in [0, 0.05) is 90.8 Å². The number of aromatic nitrogens is 15. The SMILES string of the molecule is C[Si](C)(C)CCOCn1ccc2c(-c3cnn([C@H](CC#N)C4CCCC4)c3)ncnc21.N#CC[C@H](C1CCCC1)n1cc(-c2ncnc3[nH]ccc23)cn1.N#CC[C@H](C1CCCC1)n1cc(-c2ncnc3c2ccn3CO)cn1.O=[P+]([O-])OO.[HH]. The van der Waals surface area contributed by atoms with Crippen LogP contribution in [0.5, 0.6) is 0 Å². The zero-order valence-electron chi connectivity index (χ0n) is 47.6. The molecule has 84 heavy (non-hydrogen) atoms. The molecule has 0 bridgehead atoms. The first-order valence-corrected chi connectivity index (χ1v) is 33.5. The number of ether oxygens (including phenoxy) is 1. The Balaban J connectivity index is 0.000000160. The molecule has 9 aromatic heterocycles. The van der Waals surface area contributed by atoms with Gasteiger partial charge in [0.05, 0.1) is 91.3 Å². The average Bonchev–Trinajstić information content (AvgIpc) is 4.28. The van der Waals surface area contributed by atoms with E-state index in [1.165, 1.54) is 83.4 Å². The second-order valence-electron chi connectivity index (χ2n) is 22.8. The fourth-order valence-electron chi connectivity index (χ4n) is 12.0. The smallest absolute Gasteiger partial charge is 0.521 e. The maximum absolute atomic E-state index is 9.40. The molecule has 12 rings (SSSR count). The third kappa shape index (κ3) is 14.9. The van der Waals surface area contributed by atoms with Gasteiger partial charge < -0.3 is 28.9 Å². The Bertz CT molecular complexity index is 3720. The first-order valence-electron chi connectivity index (χ1n) is 28.7. The molecule has 3 aliphatic rings. The second kappa shape index (κ2) is 29.1. The van der Waals surface area contributed by atoms with E-state index in [-0.39, 0.29) is 26.3 Å². The van der Waals surface area contributed by atoms with Crippen molar-refractivity contribution in [2.45, 2.75) is 154 Å². The van der Waals surface area contributed by atoms with Gasteiger partial charge in [0.1, 0.15) is 49.4 Å². The van der Waals surface area contributed by atoms with Crippen LogP contribution >= 0.6 is 8.25 Å². The van der Waals surface area contributed by atoms with Crippen molar-refractivity contribution in [2.24, 2.45) is 17.8 Å². The number of rotatable bonds is 19. The summed E-state index contributed by atoms with van der Waals surface area (Å²) in [5, 5.41) is 60.8. The van der Waals surface area contributed by atoms with Crippen LogP contribution in [0.3, 0.4) is 0 Å². The molecule has 440 valence electrons. The number of nitrogens with zero attached hydrogens (tertiary/aromatic N) is 17. The number of aromatic amines is 1. The molecule has 3 aliphatic carbocycles. The van der Waals surface area contributed by atoms with Gasteiger partial charge in [-0.2, -0.15) is 31.1 Å². The fraction of sp³-hybridized carbons (Fsp3) is 0.483. The summed E-state index contributed by atoms with van der Waals surface area (Å²) in [4.78, 5) is 38.4. The van der Waals surface area contributed by atoms with Crippen molar-refractivity contribution in [3.8, 4) is 52.0 Å². The Hall–Kier alpha value is -7.92. The van der Waals surface area contributed by atoms with Crippen LogP contribution < -0.4 is 4.89 Å². The Labute approximate surface area is 490 Å². The lowest BCUT2D eigenvalue weighted by Crippen LogP contribution is -2.22. The molecule has 0 radical (unpaired) electrons. The average molecular weight is 1180 g/mol. The molecule has 24 nitrogen and oxygen atoms in total. The monoisotopic (exact) mass is 1180 g/mol. The summed E-state index contributed by atoms with van der Waals surface area (Å²) in [6, 6.07) is 14.5. The molecule has 0 amide bonds. The molecule has 3 saturated carbocycles. The lowest BCUT2D eigenvalue weighted by atomic mass is 9.96. The number of nitriles is 3. The van der Waals surface area contributed by atoms with Gasteiger partial charge in [-0.1, -0.05) is 58.2 Å². The van der Waals surface area contributed by atoms with Crippen LogP contribution in [0.4, 0.5) is 0 Å². The quantitative estimate of drug-likeness (QED) is 0.0223. The van der Waals surface area contributed by atoms with Crippen molar-refractivity contribution in [1.82, 2.24) is 73.4 Å². The Morgan fingerprint density at radius 3 is 1.46 bits per heavy atom. The molecule has 3 N–H and O–H groups in total. The maximum atomic E-state index is 9.40. The van der Waals surface area contributed by atoms with E-state index in [4.69, 9.17) is 19.5 Å². The fourth-order valence-corrected chi connectivity index (χ4v) is 12.7. The van der Waals surface area contributed by atoms with Crippen LogP contribution in [0.15, 0.2) is 93.0 Å². The lowest BCUT2D eigenvalue weighted by Gasteiger charge is -2.21. The van der Waals surface area contributed by atoms with Gasteiger partial charge in [0.15, 0.2) is 0 Å². The van der Waals surface area contributed by atoms with E-state index in [1.54, 1.807) is 29.6 Å². The maximum Gasteiger partial charge on any atom is 0.521 e. The number of aliphatic hydroxyl groups is 1. The topological polar surface area (TPSA) is 327 Å². The third-order valence-corrected chi connectivity index (χ3v) is 18.1. The van der Waals surface area contributed by atoms with Crippen molar-refractivity contribution < 1.29 is 30.7 Å². The van der Waals surface area contributed by atoms with Crippen molar-refractivity contribution in [3.05, 3.63) is 93.0 Å². The van der Waals surface area contributed by atoms with Gasteiger partial charge in [-0.15, -0.1) is 0 Å². The zero-order valence-corrected chi connectivity index (χ0v) is 49.5. The summed E-state index contributed by atoms with van der Waals surface area (Å²) in [5.41, 5.74) is 7.79. The van der Waals surface area contributed by atoms with E-state index < -0.39 is 16.3 Å². The van der Waals surface area contributed by atoms with E-state index in [1.807, 2.05) is 80.2 Å². The number of hydrogen-bond donors (Lipinski definition) is 3. The number of hydrogen-bond acceptors (Lipinski definition) is 18. The van der Waals surface area contributed by atoms with E-state index in [0.29, 0.717) is 49.4 Å². The van der Waals surface area contributed by atoms with Crippen LogP contribution in [0.1, 0.15) is 116 Å². The van der Waals surface area contributed by atoms with Crippen molar-refractivity contribution in [1.29, 1.82) is 15.8 Å². The Morgan fingerprint density at radius 1 is 0.655 bits per heavy atom. The standard InChI is InChI=1S/C23H32N6OSi.C18H20N6O.C17H18N6.HO4P.H2/c1-31(2,3)13-12-30-17-28-11-9-20-22(25-16-26-23(20)28)19-14-27-29(15-19)21(8-10-24)18-6-4-5-7-18;19-7-5-16(13-3-1-2-4-13)24-10-14(9-22-24)17-15-6-8-23(12-25)18(15)21-11-20-17;18-7-5-15(12-3-1-2-4-12)23-10-13(9-22-23)16-14-6-8-19-17(14)21-11-20-16;1-4-5(2)3;/h9,11,14-16,18,21H,4-8,12-13,17H2,1-3H3;6,8-11,13,16,25H,1-5,12H2;6,8-12,15H,1-5H2,(H,19,20,21);1H;1H/t21-;16-;15-;;/m111../s1. The van der Waals surface area contributed by atoms with E-state index in [0.717, 1.165) is 73.9 Å². The molecule has 9 aromatic rings. The first kappa shape index (κ1) is 60.7. The summed E-state index contributed by atoms with van der Waals surface area (Å²) in [6.07, 6.45) is 38.0. The molecule has 0 aliphatic heterocycles. The van der Waals surface area contributed by atoms with Crippen LogP contribution in [0, 0.1) is 51.7 Å². The minimum absolute atomic E-state index is 0. The Kier molecular flexibility index (Phi) is 21.0. The predicted octanol–water partition coefficient (Wildman–Crippen LogP) is 11.3. The minimum Gasteiger partial charge on any atom is -0.565 e.